The Bertz CT molecular complexity index is 1260. The number of rotatable bonds is 0. The Morgan fingerprint density at radius 3 is 2.32 bits per heavy atom. The molecular formula is C23H15N3O2. The molecule has 0 aliphatic heterocycles. The highest BCUT2D eigenvalue weighted by molar-refractivity contribution is 6.22. The zero-order valence-electron chi connectivity index (χ0n) is 14.9. The first-order chi connectivity index (χ1) is 13.7. The molecule has 5 rings (SSSR count). The van der Waals surface area contributed by atoms with Crippen LogP contribution >= 0.6 is 0 Å². The van der Waals surface area contributed by atoms with Crippen LogP contribution in [0.25, 0.3) is 21.5 Å². The average molecular weight is 365 g/mol. The van der Waals surface area contributed by atoms with E-state index in [0.29, 0.717) is 12.0 Å². The van der Waals surface area contributed by atoms with Gasteiger partial charge in [0.1, 0.15) is 18.2 Å². The Hall–Kier alpha value is -3.91. The largest absolute Gasteiger partial charge is 0.299 e. The van der Waals surface area contributed by atoms with Crippen molar-refractivity contribution in [1.29, 1.82) is 5.26 Å². The average Bonchev–Trinajstić information content (AvgIpc) is 2.74. The molecule has 1 aliphatic carbocycles. The molecule has 0 bridgehead atoms. The second-order valence-electron chi connectivity index (χ2n) is 6.54. The summed E-state index contributed by atoms with van der Waals surface area (Å²) in [7, 11) is 0. The minimum absolute atomic E-state index is 0.0163. The molecule has 1 aliphatic rings. The van der Waals surface area contributed by atoms with E-state index in [1.807, 2.05) is 42.5 Å². The summed E-state index contributed by atoms with van der Waals surface area (Å²) in [6.45, 7) is 0. The Labute approximate surface area is 161 Å². The predicted molar refractivity (Wildman–Crippen MR) is 106 cm³/mol. The van der Waals surface area contributed by atoms with Crippen LogP contribution in [-0.2, 0) is 11.2 Å². The molecule has 4 aromatic rings. The van der Waals surface area contributed by atoms with Gasteiger partial charge in [0.05, 0.1) is 12.0 Å². The summed E-state index contributed by atoms with van der Waals surface area (Å²) in [5.41, 5.74) is 2.11. The van der Waals surface area contributed by atoms with E-state index in [1.54, 1.807) is 0 Å². The Balaban J connectivity index is 0.000000203. The zero-order chi connectivity index (χ0) is 19.5. The first-order valence-electron chi connectivity index (χ1n) is 8.80. The first-order valence-corrected chi connectivity index (χ1v) is 8.80. The first kappa shape index (κ1) is 17.5. The van der Waals surface area contributed by atoms with E-state index in [0.717, 1.165) is 27.3 Å². The number of hydrogen-bond donors (Lipinski definition) is 0. The van der Waals surface area contributed by atoms with Crippen LogP contribution in [0.15, 0.2) is 67.3 Å². The summed E-state index contributed by atoms with van der Waals surface area (Å²) in [6.07, 6.45) is 4.74. The number of benzene rings is 3. The van der Waals surface area contributed by atoms with Gasteiger partial charge in [0, 0.05) is 24.4 Å². The highest BCUT2D eigenvalue weighted by atomic mass is 16.1. The molecule has 0 atom stereocenters. The van der Waals surface area contributed by atoms with Crippen LogP contribution < -0.4 is 0 Å². The topological polar surface area (TPSA) is 83.7 Å². The Morgan fingerprint density at radius 1 is 0.821 bits per heavy atom. The summed E-state index contributed by atoms with van der Waals surface area (Å²) in [4.78, 5) is 31.0. The van der Waals surface area contributed by atoms with Crippen molar-refractivity contribution in [3.63, 3.8) is 0 Å². The fourth-order valence-corrected chi connectivity index (χ4v) is 3.51. The number of aromatic nitrogens is 2. The third-order valence-corrected chi connectivity index (χ3v) is 4.73. The summed E-state index contributed by atoms with van der Waals surface area (Å²) in [5, 5.41) is 12.6. The maximum Gasteiger partial charge on any atom is 0.171 e. The van der Waals surface area contributed by atoms with Crippen molar-refractivity contribution in [1.82, 2.24) is 9.97 Å². The van der Waals surface area contributed by atoms with E-state index in [1.165, 1.54) is 24.1 Å². The van der Waals surface area contributed by atoms with E-state index in [-0.39, 0.29) is 18.0 Å². The molecule has 0 spiro atoms. The van der Waals surface area contributed by atoms with Crippen LogP contribution in [0.3, 0.4) is 0 Å². The molecule has 0 amide bonds. The fraction of sp³-hybridized carbons (Fsp3) is 0.0870. The third-order valence-electron chi connectivity index (χ3n) is 4.73. The molecule has 0 fully saturated rings. The van der Waals surface area contributed by atoms with Gasteiger partial charge in [0.25, 0.3) is 0 Å². The van der Waals surface area contributed by atoms with Gasteiger partial charge < -0.3 is 0 Å². The lowest BCUT2D eigenvalue weighted by molar-refractivity contribution is -0.117. The van der Waals surface area contributed by atoms with Gasteiger partial charge >= 0.3 is 0 Å². The lowest BCUT2D eigenvalue weighted by Gasteiger charge is -2.17. The van der Waals surface area contributed by atoms with E-state index >= 15 is 0 Å². The molecule has 0 unspecified atom stereocenters. The molecule has 5 nitrogen and oxygen atoms in total. The van der Waals surface area contributed by atoms with Gasteiger partial charge in [-0.2, -0.15) is 5.26 Å². The van der Waals surface area contributed by atoms with Crippen molar-refractivity contribution < 1.29 is 9.59 Å². The van der Waals surface area contributed by atoms with Gasteiger partial charge in [-0.3, -0.25) is 9.59 Å². The van der Waals surface area contributed by atoms with Crippen LogP contribution in [0, 0.1) is 11.3 Å². The van der Waals surface area contributed by atoms with Crippen LogP contribution in [0.4, 0.5) is 0 Å². The minimum Gasteiger partial charge on any atom is -0.299 e. The number of ketones is 2. The van der Waals surface area contributed by atoms with E-state index in [2.05, 4.69) is 22.1 Å². The zero-order valence-corrected chi connectivity index (χ0v) is 14.9. The SMILES string of the molecule is N#Cc1cncnc1.O=C1CC(=O)c2c(ccc3c2ccc2ccccc23)C1. The fourth-order valence-electron chi connectivity index (χ4n) is 3.51. The van der Waals surface area contributed by atoms with E-state index in [9.17, 15) is 9.59 Å². The second kappa shape index (κ2) is 7.37. The normalized spacial score (nSPS) is 12.8. The Kier molecular flexibility index (Phi) is 4.61. The molecule has 0 saturated heterocycles. The number of Topliss-reactive ketones (excluding diaryl/α,β-unsaturated/α-hetero) is 2. The summed E-state index contributed by atoms with van der Waals surface area (Å²) >= 11 is 0. The van der Waals surface area contributed by atoms with Gasteiger partial charge in [0.15, 0.2) is 5.78 Å². The van der Waals surface area contributed by atoms with Gasteiger partial charge in [-0.05, 0) is 27.1 Å². The molecule has 5 heteroatoms. The van der Waals surface area contributed by atoms with Gasteiger partial charge in [-0.1, -0.05) is 48.5 Å². The maximum atomic E-state index is 12.2. The van der Waals surface area contributed by atoms with Crippen LogP contribution in [0.1, 0.15) is 27.9 Å². The number of hydrogen-bond acceptors (Lipinski definition) is 5. The van der Waals surface area contributed by atoms with Crippen molar-refractivity contribution in [3.8, 4) is 6.07 Å². The van der Waals surface area contributed by atoms with Gasteiger partial charge in [-0.15, -0.1) is 0 Å². The van der Waals surface area contributed by atoms with Gasteiger partial charge in [0.2, 0.25) is 0 Å². The molecule has 134 valence electrons. The standard InChI is InChI=1S/C18H12O2.C5H3N3/c19-13-9-12-6-7-15-14-4-2-1-3-11(14)5-8-16(15)18(12)17(20)10-13;6-1-5-2-7-4-8-3-5/h1-8H,9-10H2;2-4H. The highest BCUT2D eigenvalue weighted by Crippen LogP contribution is 2.32. The van der Waals surface area contributed by atoms with Crippen LogP contribution in [0.5, 0.6) is 0 Å². The minimum atomic E-state index is -0.0443. The van der Waals surface area contributed by atoms with E-state index in [4.69, 9.17) is 5.26 Å². The number of carbonyl (C=O) groups excluding carboxylic acids is 2. The third kappa shape index (κ3) is 3.24. The lowest BCUT2D eigenvalue weighted by Crippen LogP contribution is -2.19. The van der Waals surface area contributed by atoms with Crippen LogP contribution in [-0.4, -0.2) is 21.5 Å². The molecule has 0 N–H and O–H groups in total. The molecule has 1 aromatic heterocycles. The van der Waals surface area contributed by atoms with Crippen molar-refractivity contribution in [2.24, 2.45) is 0 Å². The molecule has 3 aromatic carbocycles. The molecular weight excluding hydrogens is 350 g/mol. The van der Waals surface area contributed by atoms with Crippen molar-refractivity contribution in [2.75, 3.05) is 0 Å². The van der Waals surface area contributed by atoms with E-state index < -0.39 is 0 Å². The number of nitrogens with zero attached hydrogens (tertiary/aromatic N) is 3. The Morgan fingerprint density at radius 2 is 1.57 bits per heavy atom. The summed E-state index contributed by atoms with van der Waals surface area (Å²) < 4.78 is 0. The quantitative estimate of drug-likeness (QED) is 0.347. The predicted octanol–water partition coefficient (Wildman–Crippen LogP) is 4.04. The maximum absolute atomic E-state index is 12.2. The molecule has 0 saturated carbocycles. The smallest absolute Gasteiger partial charge is 0.171 e. The summed E-state index contributed by atoms with van der Waals surface area (Å²) in [5.74, 6) is -0.0280. The second-order valence-corrected chi connectivity index (χ2v) is 6.54. The molecule has 28 heavy (non-hydrogen) atoms. The van der Waals surface area contributed by atoms with Crippen molar-refractivity contribution in [3.05, 3.63) is 83.9 Å². The monoisotopic (exact) mass is 365 g/mol. The molecule has 0 radical (unpaired) electrons. The van der Waals surface area contributed by atoms with Crippen molar-refractivity contribution >= 4 is 33.1 Å². The number of fused-ring (bicyclic) bond motifs is 5. The molecule has 1 heterocycles. The highest BCUT2D eigenvalue weighted by Gasteiger charge is 2.25. The van der Waals surface area contributed by atoms with Crippen molar-refractivity contribution in [2.45, 2.75) is 12.8 Å². The lowest BCUT2D eigenvalue weighted by atomic mass is 9.85. The van der Waals surface area contributed by atoms with Crippen LogP contribution in [0.2, 0.25) is 0 Å². The number of carbonyl (C=O) groups is 2. The summed E-state index contributed by atoms with van der Waals surface area (Å²) in [6, 6.07) is 18.1. The number of nitriles is 1. The van der Waals surface area contributed by atoms with Gasteiger partial charge in [-0.25, -0.2) is 9.97 Å².